The highest BCUT2D eigenvalue weighted by Gasteiger charge is 2.32. The number of phenolic OH excluding ortho intramolecular Hbond substituents is 1. The van der Waals surface area contributed by atoms with E-state index in [4.69, 9.17) is 4.74 Å². The molecule has 0 saturated heterocycles. The highest BCUT2D eigenvalue weighted by Crippen LogP contribution is 2.34. The number of ketones is 1. The van der Waals surface area contributed by atoms with E-state index in [-0.39, 0.29) is 24.1 Å². The summed E-state index contributed by atoms with van der Waals surface area (Å²) in [4.78, 5) is 28.8. The van der Waals surface area contributed by atoms with Gasteiger partial charge in [0.05, 0.1) is 12.2 Å². The number of carbonyl (C=O) groups excluding carboxylic acids is 2. The van der Waals surface area contributed by atoms with E-state index in [1.807, 2.05) is 0 Å². The lowest BCUT2D eigenvalue weighted by molar-refractivity contribution is -0.143. The Bertz CT molecular complexity index is 1210. The molecule has 0 saturated carbocycles. The summed E-state index contributed by atoms with van der Waals surface area (Å²) in [5.41, 5.74) is -1.19. The minimum absolute atomic E-state index is 0.0160. The van der Waals surface area contributed by atoms with Crippen LogP contribution in [0.1, 0.15) is 17.3 Å². The van der Waals surface area contributed by atoms with Crippen molar-refractivity contribution in [1.82, 2.24) is 0 Å². The summed E-state index contributed by atoms with van der Waals surface area (Å²) in [7, 11) is 0. The lowest BCUT2D eigenvalue weighted by Crippen LogP contribution is -2.29. The molecule has 0 bridgehead atoms. The van der Waals surface area contributed by atoms with Gasteiger partial charge in [-0.3, -0.25) is 14.6 Å². The predicted octanol–water partition coefficient (Wildman–Crippen LogP) is 4.87. The topological polar surface area (TPSA) is 76.0 Å². The average Bonchev–Trinajstić information content (AvgIpc) is 2.76. The SMILES string of the molecule is CCOC(=O)C(C=Nc1ccc2ccccc2c1O)C(=O)c1cc(F)c(F)c(F)c1F. The van der Waals surface area contributed by atoms with Crippen LogP contribution in [0.4, 0.5) is 23.2 Å². The maximum absolute atomic E-state index is 14.1. The summed E-state index contributed by atoms with van der Waals surface area (Å²) in [5, 5.41) is 11.5. The second kappa shape index (κ2) is 8.95. The van der Waals surface area contributed by atoms with Gasteiger partial charge in [0.25, 0.3) is 0 Å². The minimum atomic E-state index is -2.19. The Labute approximate surface area is 173 Å². The van der Waals surface area contributed by atoms with E-state index in [2.05, 4.69) is 4.99 Å². The van der Waals surface area contributed by atoms with E-state index in [0.29, 0.717) is 10.8 Å². The van der Waals surface area contributed by atoms with Crippen LogP contribution in [-0.4, -0.2) is 29.7 Å². The Hall–Kier alpha value is -3.75. The number of hydrogen-bond donors (Lipinski definition) is 1. The molecule has 31 heavy (non-hydrogen) atoms. The number of ether oxygens (including phenoxy) is 1. The van der Waals surface area contributed by atoms with Gasteiger partial charge in [-0.1, -0.05) is 30.3 Å². The van der Waals surface area contributed by atoms with Gasteiger partial charge in [0.15, 0.2) is 35.0 Å². The molecular weight excluding hydrogens is 418 g/mol. The number of benzene rings is 3. The molecule has 3 aromatic rings. The van der Waals surface area contributed by atoms with Gasteiger partial charge in [-0.15, -0.1) is 0 Å². The Morgan fingerprint density at radius 1 is 1.06 bits per heavy atom. The molecule has 3 aromatic carbocycles. The van der Waals surface area contributed by atoms with Crippen molar-refractivity contribution < 1.29 is 37.0 Å². The molecule has 0 radical (unpaired) electrons. The molecule has 0 aliphatic carbocycles. The van der Waals surface area contributed by atoms with Gasteiger partial charge in [-0.25, -0.2) is 17.6 Å². The maximum atomic E-state index is 14.1. The molecule has 0 fully saturated rings. The second-order valence-electron chi connectivity index (χ2n) is 6.37. The van der Waals surface area contributed by atoms with Crippen LogP contribution < -0.4 is 0 Å². The molecule has 0 aromatic heterocycles. The first-order chi connectivity index (χ1) is 14.8. The van der Waals surface area contributed by atoms with E-state index in [0.717, 1.165) is 6.21 Å². The number of aliphatic imine (C=N–C) groups is 1. The first kappa shape index (κ1) is 21.9. The smallest absolute Gasteiger partial charge is 0.322 e. The molecular formula is C22H15F4NO4. The van der Waals surface area contributed by atoms with Crippen molar-refractivity contribution in [3.8, 4) is 5.75 Å². The third-order valence-electron chi connectivity index (χ3n) is 4.43. The molecule has 0 heterocycles. The molecule has 5 nitrogen and oxygen atoms in total. The highest BCUT2D eigenvalue weighted by atomic mass is 19.2. The molecule has 3 rings (SSSR count). The zero-order valence-electron chi connectivity index (χ0n) is 16.0. The van der Waals surface area contributed by atoms with Crippen LogP contribution in [0, 0.1) is 29.2 Å². The van der Waals surface area contributed by atoms with E-state index in [9.17, 15) is 32.3 Å². The molecule has 9 heteroatoms. The molecule has 0 aliphatic heterocycles. The maximum Gasteiger partial charge on any atom is 0.322 e. The van der Waals surface area contributed by atoms with Crippen molar-refractivity contribution >= 4 is 34.4 Å². The summed E-state index contributed by atoms with van der Waals surface area (Å²) < 4.78 is 59.1. The standard InChI is InChI=1S/C22H15F4NO4/c1-2-31-22(30)14(20(28)13-9-15(23)18(25)19(26)17(13)24)10-27-16-8-7-11-5-3-4-6-12(11)21(16)29/h3-10,14,29H,2H2,1H3. The fraction of sp³-hybridized carbons (Fsp3) is 0.136. The summed E-state index contributed by atoms with van der Waals surface area (Å²) in [6, 6.07) is 10.0. The van der Waals surface area contributed by atoms with Crippen LogP contribution in [0.2, 0.25) is 0 Å². The number of esters is 1. The largest absolute Gasteiger partial charge is 0.505 e. The van der Waals surface area contributed by atoms with E-state index in [1.54, 1.807) is 30.3 Å². The van der Waals surface area contributed by atoms with Gasteiger partial charge >= 0.3 is 5.97 Å². The fourth-order valence-electron chi connectivity index (χ4n) is 2.89. The normalized spacial score (nSPS) is 12.3. The third-order valence-corrected chi connectivity index (χ3v) is 4.43. The van der Waals surface area contributed by atoms with Crippen molar-refractivity contribution in [1.29, 1.82) is 0 Å². The highest BCUT2D eigenvalue weighted by molar-refractivity contribution is 6.18. The monoisotopic (exact) mass is 433 g/mol. The fourth-order valence-corrected chi connectivity index (χ4v) is 2.89. The number of phenols is 1. The number of fused-ring (bicyclic) bond motifs is 1. The number of hydrogen-bond acceptors (Lipinski definition) is 5. The second-order valence-corrected chi connectivity index (χ2v) is 6.37. The molecule has 1 unspecified atom stereocenters. The van der Waals surface area contributed by atoms with Crippen molar-refractivity contribution in [2.24, 2.45) is 10.9 Å². The Kier molecular flexibility index (Phi) is 6.33. The Morgan fingerprint density at radius 3 is 2.48 bits per heavy atom. The van der Waals surface area contributed by atoms with Crippen molar-refractivity contribution in [2.75, 3.05) is 6.61 Å². The van der Waals surface area contributed by atoms with Crippen LogP contribution in [0.5, 0.6) is 5.75 Å². The van der Waals surface area contributed by atoms with Gasteiger partial charge in [0, 0.05) is 11.6 Å². The first-order valence-corrected chi connectivity index (χ1v) is 9.05. The number of Topliss-reactive ketones (excluding diaryl/α,β-unsaturated/α-hetero) is 1. The van der Waals surface area contributed by atoms with Crippen molar-refractivity contribution in [3.05, 3.63) is 71.3 Å². The van der Waals surface area contributed by atoms with E-state index < -0.39 is 46.5 Å². The van der Waals surface area contributed by atoms with Crippen LogP contribution in [0.3, 0.4) is 0 Å². The Morgan fingerprint density at radius 2 is 1.77 bits per heavy atom. The van der Waals surface area contributed by atoms with Gasteiger partial charge in [-0.05, 0) is 24.4 Å². The van der Waals surface area contributed by atoms with E-state index in [1.165, 1.54) is 13.0 Å². The van der Waals surface area contributed by atoms with Crippen molar-refractivity contribution in [3.63, 3.8) is 0 Å². The van der Waals surface area contributed by atoms with E-state index >= 15 is 0 Å². The molecule has 160 valence electrons. The van der Waals surface area contributed by atoms with Crippen molar-refractivity contribution in [2.45, 2.75) is 6.92 Å². The molecule has 1 atom stereocenters. The number of aromatic hydroxyl groups is 1. The van der Waals surface area contributed by atoms with Gasteiger partial charge < -0.3 is 9.84 Å². The Balaban J connectivity index is 2.04. The summed E-state index contributed by atoms with van der Waals surface area (Å²) in [6.07, 6.45) is 0.767. The zero-order valence-corrected chi connectivity index (χ0v) is 16.0. The first-order valence-electron chi connectivity index (χ1n) is 9.05. The summed E-state index contributed by atoms with van der Waals surface area (Å²) in [5.74, 6) is -12.7. The molecule has 1 N–H and O–H groups in total. The lowest BCUT2D eigenvalue weighted by Gasteiger charge is -2.12. The quantitative estimate of drug-likeness (QED) is 0.115. The summed E-state index contributed by atoms with van der Waals surface area (Å²) in [6.45, 7) is 1.30. The zero-order chi connectivity index (χ0) is 22.7. The molecule has 0 spiro atoms. The molecule has 0 aliphatic rings. The number of nitrogens with zero attached hydrogens (tertiary/aromatic N) is 1. The van der Waals surface area contributed by atoms with Crippen LogP contribution in [-0.2, 0) is 9.53 Å². The van der Waals surface area contributed by atoms with Crippen LogP contribution in [0.15, 0.2) is 47.5 Å². The van der Waals surface area contributed by atoms with Gasteiger partial charge in [-0.2, -0.15) is 0 Å². The van der Waals surface area contributed by atoms with Crippen LogP contribution >= 0.6 is 0 Å². The predicted molar refractivity (Wildman–Crippen MR) is 104 cm³/mol. The minimum Gasteiger partial charge on any atom is -0.505 e. The number of carbonyl (C=O) groups is 2. The number of rotatable bonds is 6. The average molecular weight is 433 g/mol. The summed E-state index contributed by atoms with van der Waals surface area (Å²) >= 11 is 0. The molecule has 0 amide bonds. The van der Waals surface area contributed by atoms with Gasteiger partial charge in [0.1, 0.15) is 11.4 Å². The third kappa shape index (κ3) is 4.25. The van der Waals surface area contributed by atoms with Gasteiger partial charge in [0.2, 0.25) is 0 Å². The van der Waals surface area contributed by atoms with Crippen LogP contribution in [0.25, 0.3) is 10.8 Å². The number of halogens is 4. The lowest BCUT2D eigenvalue weighted by atomic mass is 9.97.